The zero-order chi connectivity index (χ0) is 21.4. The van der Waals surface area contributed by atoms with Crippen molar-refractivity contribution in [3.63, 3.8) is 0 Å². The molecule has 0 saturated heterocycles. The second kappa shape index (κ2) is 7.86. The third-order valence-electron chi connectivity index (χ3n) is 5.56. The van der Waals surface area contributed by atoms with E-state index in [1.807, 2.05) is 6.07 Å². The molecule has 1 aliphatic carbocycles. The third-order valence-corrected chi connectivity index (χ3v) is 5.56. The minimum atomic E-state index is -0.862. The molecular formula is C23H19FN2O5. The van der Waals surface area contributed by atoms with Crippen LogP contribution in [0.15, 0.2) is 48.9 Å². The number of benzene rings is 2. The molecule has 1 N–H and O–H groups in total. The average Bonchev–Trinajstić information content (AvgIpc) is 3.36. The van der Waals surface area contributed by atoms with Crippen LogP contribution >= 0.6 is 0 Å². The number of ether oxygens (including phenoxy) is 3. The van der Waals surface area contributed by atoms with Gasteiger partial charge in [0.15, 0.2) is 0 Å². The van der Waals surface area contributed by atoms with Crippen LogP contribution in [0.25, 0.3) is 0 Å². The maximum Gasteiger partial charge on any atom is 0.304 e. The molecule has 0 amide bonds. The quantitative estimate of drug-likeness (QED) is 0.629. The van der Waals surface area contributed by atoms with Gasteiger partial charge in [-0.05, 0) is 31.0 Å². The van der Waals surface area contributed by atoms with Gasteiger partial charge in [0.05, 0.1) is 19.2 Å². The lowest BCUT2D eigenvalue weighted by atomic mass is 9.98. The Morgan fingerprint density at radius 2 is 2.16 bits per heavy atom. The third kappa shape index (κ3) is 3.76. The minimum Gasteiger partial charge on any atom is -0.492 e. The molecule has 7 nitrogen and oxygen atoms in total. The maximum atomic E-state index is 14.7. The second-order valence-corrected chi connectivity index (χ2v) is 7.53. The fourth-order valence-electron chi connectivity index (χ4n) is 4.18. The highest BCUT2D eigenvalue weighted by Gasteiger charge is 2.32. The highest BCUT2D eigenvalue weighted by atomic mass is 19.1. The Bertz CT molecular complexity index is 1140. The number of fused-ring (bicyclic) bond motifs is 2. The van der Waals surface area contributed by atoms with E-state index >= 15 is 0 Å². The number of aliphatic carboxylic acids is 1. The van der Waals surface area contributed by atoms with Crippen molar-refractivity contribution in [1.29, 1.82) is 0 Å². The number of nitrogens with zero attached hydrogens (tertiary/aromatic N) is 2. The highest BCUT2D eigenvalue weighted by Crippen LogP contribution is 2.44. The maximum absolute atomic E-state index is 14.7. The molecule has 2 heterocycles. The summed E-state index contributed by atoms with van der Waals surface area (Å²) in [6, 6.07) is 8.31. The normalized spacial score (nSPS) is 18.7. The van der Waals surface area contributed by atoms with Crippen LogP contribution < -0.4 is 14.2 Å². The summed E-state index contributed by atoms with van der Waals surface area (Å²) in [5, 5.41) is 9.04. The lowest BCUT2D eigenvalue weighted by Crippen LogP contribution is -2.07. The fourth-order valence-corrected chi connectivity index (χ4v) is 4.18. The van der Waals surface area contributed by atoms with E-state index < -0.39 is 12.1 Å². The molecule has 31 heavy (non-hydrogen) atoms. The van der Waals surface area contributed by atoms with Crippen molar-refractivity contribution in [3.05, 3.63) is 71.4 Å². The van der Waals surface area contributed by atoms with Crippen molar-refractivity contribution < 1.29 is 28.5 Å². The van der Waals surface area contributed by atoms with Gasteiger partial charge in [-0.2, -0.15) is 0 Å². The molecule has 2 aromatic carbocycles. The van der Waals surface area contributed by atoms with E-state index in [9.17, 15) is 9.18 Å². The van der Waals surface area contributed by atoms with E-state index in [1.165, 1.54) is 18.5 Å². The van der Waals surface area contributed by atoms with Gasteiger partial charge >= 0.3 is 5.97 Å². The van der Waals surface area contributed by atoms with Crippen LogP contribution in [0.5, 0.6) is 23.1 Å². The second-order valence-electron chi connectivity index (χ2n) is 7.53. The first kappa shape index (κ1) is 19.3. The monoisotopic (exact) mass is 422 g/mol. The minimum absolute atomic E-state index is 0.0168. The van der Waals surface area contributed by atoms with Gasteiger partial charge in [-0.15, -0.1) is 0 Å². The number of rotatable bonds is 6. The van der Waals surface area contributed by atoms with Crippen LogP contribution in [0, 0.1) is 5.82 Å². The number of carboxylic acids is 1. The molecule has 1 aliphatic heterocycles. The molecule has 158 valence electrons. The molecule has 0 bridgehead atoms. The number of carbonyl (C=O) groups is 1. The summed E-state index contributed by atoms with van der Waals surface area (Å²) in [7, 11) is 0. The molecule has 3 aromatic rings. The molecule has 5 rings (SSSR count). The average molecular weight is 422 g/mol. The number of carboxylic acid groups (broad SMARTS) is 1. The SMILES string of the molecule is O=C(O)CC1COc2cc(O[C@@H]3CCc4c(Oc5cnccn5)ccc(F)c43)ccc21. The fraction of sp³-hybridized carbons (Fsp3) is 0.261. The first-order valence-electron chi connectivity index (χ1n) is 9.99. The lowest BCUT2D eigenvalue weighted by molar-refractivity contribution is -0.137. The molecule has 0 saturated carbocycles. The Balaban J connectivity index is 1.37. The Morgan fingerprint density at radius 1 is 1.26 bits per heavy atom. The predicted octanol–water partition coefficient (Wildman–Crippen LogP) is 4.43. The summed E-state index contributed by atoms with van der Waals surface area (Å²) in [5.41, 5.74) is 2.09. The molecule has 2 aliphatic rings. The van der Waals surface area contributed by atoms with Crippen molar-refractivity contribution in [2.75, 3.05) is 6.61 Å². The van der Waals surface area contributed by atoms with Gasteiger partial charge in [0.25, 0.3) is 0 Å². The predicted molar refractivity (Wildman–Crippen MR) is 107 cm³/mol. The van der Waals surface area contributed by atoms with Crippen molar-refractivity contribution >= 4 is 5.97 Å². The number of hydrogen-bond acceptors (Lipinski definition) is 6. The van der Waals surface area contributed by atoms with Crippen LogP contribution in [-0.2, 0) is 11.2 Å². The van der Waals surface area contributed by atoms with E-state index in [4.69, 9.17) is 19.3 Å². The van der Waals surface area contributed by atoms with Gasteiger partial charge in [-0.1, -0.05) is 6.07 Å². The topological polar surface area (TPSA) is 90.8 Å². The summed E-state index contributed by atoms with van der Waals surface area (Å²) in [6.07, 6.45) is 5.35. The van der Waals surface area contributed by atoms with E-state index in [0.29, 0.717) is 48.1 Å². The van der Waals surface area contributed by atoms with Gasteiger partial charge in [0.2, 0.25) is 5.88 Å². The first-order chi connectivity index (χ1) is 15.1. The smallest absolute Gasteiger partial charge is 0.304 e. The van der Waals surface area contributed by atoms with E-state index in [0.717, 1.165) is 11.1 Å². The van der Waals surface area contributed by atoms with E-state index in [-0.39, 0.29) is 18.2 Å². The van der Waals surface area contributed by atoms with Crippen LogP contribution in [0.1, 0.15) is 41.6 Å². The molecule has 0 radical (unpaired) electrons. The van der Waals surface area contributed by atoms with Crippen LogP contribution in [0.4, 0.5) is 4.39 Å². The number of aromatic nitrogens is 2. The molecule has 2 atom stereocenters. The summed E-state index contributed by atoms with van der Waals surface area (Å²) >= 11 is 0. The van der Waals surface area contributed by atoms with Crippen molar-refractivity contribution in [1.82, 2.24) is 9.97 Å². The highest BCUT2D eigenvalue weighted by molar-refractivity contribution is 5.68. The van der Waals surface area contributed by atoms with Gasteiger partial charge in [-0.25, -0.2) is 9.37 Å². The van der Waals surface area contributed by atoms with Crippen molar-refractivity contribution in [3.8, 4) is 23.1 Å². The van der Waals surface area contributed by atoms with E-state index in [1.54, 1.807) is 24.4 Å². The molecular weight excluding hydrogens is 403 g/mol. The summed E-state index contributed by atoms with van der Waals surface area (Å²) in [5.74, 6) is 0.660. The van der Waals surface area contributed by atoms with Crippen LogP contribution in [-0.4, -0.2) is 27.7 Å². The zero-order valence-corrected chi connectivity index (χ0v) is 16.5. The molecule has 0 spiro atoms. The Hall–Kier alpha value is -3.68. The molecule has 1 aromatic heterocycles. The largest absolute Gasteiger partial charge is 0.492 e. The Kier molecular flexibility index (Phi) is 4.89. The van der Waals surface area contributed by atoms with Crippen molar-refractivity contribution in [2.45, 2.75) is 31.3 Å². The Morgan fingerprint density at radius 3 is 2.97 bits per heavy atom. The van der Waals surface area contributed by atoms with Gasteiger partial charge in [-0.3, -0.25) is 9.78 Å². The van der Waals surface area contributed by atoms with Gasteiger partial charge in [0.1, 0.15) is 29.2 Å². The van der Waals surface area contributed by atoms with Gasteiger partial charge < -0.3 is 19.3 Å². The van der Waals surface area contributed by atoms with Crippen LogP contribution in [0.3, 0.4) is 0 Å². The number of halogens is 1. The van der Waals surface area contributed by atoms with Crippen molar-refractivity contribution in [2.24, 2.45) is 0 Å². The van der Waals surface area contributed by atoms with E-state index in [2.05, 4.69) is 9.97 Å². The lowest BCUT2D eigenvalue weighted by Gasteiger charge is -2.17. The summed E-state index contributed by atoms with van der Waals surface area (Å²) in [4.78, 5) is 19.1. The van der Waals surface area contributed by atoms with Crippen LogP contribution in [0.2, 0.25) is 0 Å². The first-order valence-corrected chi connectivity index (χ1v) is 9.99. The molecule has 1 unspecified atom stereocenters. The number of hydrogen-bond donors (Lipinski definition) is 1. The summed E-state index contributed by atoms with van der Waals surface area (Å²) < 4.78 is 32.3. The Labute approximate surface area is 177 Å². The molecule has 8 heteroatoms. The summed E-state index contributed by atoms with van der Waals surface area (Å²) in [6.45, 7) is 0.328. The van der Waals surface area contributed by atoms with Gasteiger partial charge in [0, 0.05) is 41.1 Å². The standard InChI is InChI=1S/C23H19FN2O5/c24-17-4-6-18(31-21-11-25-7-8-26-21)16-3-5-19(23(16)17)30-14-1-2-15-13(9-22(27)28)12-29-20(15)10-14/h1-2,4,6-8,10-11,13,19H,3,5,9,12H2,(H,27,28)/t13?,19-/m1/s1. The zero-order valence-electron chi connectivity index (χ0n) is 16.5. The molecule has 0 fully saturated rings.